The number of hydrogen-bond donors (Lipinski definition) is 0. The summed E-state index contributed by atoms with van der Waals surface area (Å²) in [5, 5.41) is 10.8. The van der Waals surface area contributed by atoms with Crippen molar-refractivity contribution in [3.63, 3.8) is 0 Å². The van der Waals surface area contributed by atoms with Crippen LogP contribution in [0.3, 0.4) is 0 Å². The van der Waals surface area contributed by atoms with Crippen molar-refractivity contribution in [2.24, 2.45) is 11.8 Å². The van der Waals surface area contributed by atoms with Gasteiger partial charge in [0.05, 0.1) is 53.1 Å². The van der Waals surface area contributed by atoms with Gasteiger partial charge in [0.15, 0.2) is 23.0 Å². The Morgan fingerprint density at radius 2 is 1.52 bits per heavy atom. The summed E-state index contributed by atoms with van der Waals surface area (Å²) < 4.78 is 28.9. The van der Waals surface area contributed by atoms with Crippen LogP contribution in [-0.2, 0) is 11.8 Å². The number of methoxy groups -OCH3 is 5. The summed E-state index contributed by atoms with van der Waals surface area (Å²) in [4.78, 5) is 2.62. The fourth-order valence-electron chi connectivity index (χ4n) is 7.57. The third-order valence-electron chi connectivity index (χ3n) is 9.93. The predicted molar refractivity (Wildman–Crippen MR) is 185 cm³/mol. The molecule has 248 valence electrons. The van der Waals surface area contributed by atoms with Crippen LogP contribution in [0.2, 0.25) is 0 Å². The zero-order chi connectivity index (χ0) is 33.4. The molecule has 1 heterocycles. The van der Waals surface area contributed by atoms with Crippen molar-refractivity contribution < 1.29 is 23.7 Å². The number of para-hydroxylation sites is 1. The average Bonchev–Trinajstić information content (AvgIpc) is 3.08. The van der Waals surface area contributed by atoms with Crippen molar-refractivity contribution >= 4 is 5.69 Å². The van der Waals surface area contributed by atoms with E-state index in [2.05, 4.69) is 75.1 Å². The Labute approximate surface area is 276 Å². The number of benzene rings is 3. The van der Waals surface area contributed by atoms with E-state index in [0.29, 0.717) is 28.9 Å². The summed E-state index contributed by atoms with van der Waals surface area (Å²) in [5.74, 6) is 3.83. The van der Waals surface area contributed by atoms with Gasteiger partial charge in [-0.2, -0.15) is 5.26 Å². The van der Waals surface area contributed by atoms with Gasteiger partial charge in [-0.3, -0.25) is 0 Å². The van der Waals surface area contributed by atoms with Gasteiger partial charge < -0.3 is 28.6 Å². The highest BCUT2D eigenvalue weighted by atomic mass is 16.5. The Morgan fingerprint density at radius 3 is 2.09 bits per heavy atom. The summed E-state index contributed by atoms with van der Waals surface area (Å²) in [5.41, 5.74) is 3.90. The van der Waals surface area contributed by atoms with Crippen molar-refractivity contribution in [3.8, 4) is 34.8 Å². The van der Waals surface area contributed by atoms with E-state index in [9.17, 15) is 5.26 Å². The number of nitriles is 1. The van der Waals surface area contributed by atoms with E-state index < -0.39 is 5.41 Å². The maximum absolute atomic E-state index is 10.8. The van der Waals surface area contributed by atoms with Gasteiger partial charge in [0, 0.05) is 17.3 Å². The van der Waals surface area contributed by atoms with Crippen LogP contribution in [0.25, 0.3) is 0 Å². The molecule has 0 bridgehead atoms. The maximum atomic E-state index is 10.8. The van der Waals surface area contributed by atoms with Gasteiger partial charge in [0.25, 0.3) is 0 Å². The first-order valence-electron chi connectivity index (χ1n) is 16.5. The molecule has 3 aromatic rings. The third kappa shape index (κ3) is 6.58. The molecule has 0 N–H and O–H groups in total. The molecule has 4 atom stereocenters. The Morgan fingerprint density at radius 1 is 0.848 bits per heavy atom. The molecule has 46 heavy (non-hydrogen) atoms. The highest BCUT2D eigenvalue weighted by molar-refractivity contribution is 5.65. The highest BCUT2D eigenvalue weighted by Crippen LogP contribution is 2.53. The lowest BCUT2D eigenvalue weighted by molar-refractivity contribution is 0.294. The van der Waals surface area contributed by atoms with E-state index >= 15 is 0 Å². The standard InChI is InChI=1S/C39H52N2O5/c1-10-15-27(4)36-35-28(23-34(44-7)37(45-8)38(35)46-9)22-31(41(36)30-16-12-11-13-17-30)18-14-21-39(25-40,26(2)3)29-19-20-32(42-5)33(24-29)43-6/h11-13,16-17,19-20,23-24,26-27,31,36H,10,14-15,18,21-22H2,1-9H3/t27?,31-,36?,39+/m1/s1. The first-order chi connectivity index (χ1) is 22.2. The number of rotatable bonds is 15. The molecule has 1 aliphatic heterocycles. The van der Waals surface area contributed by atoms with Crippen molar-refractivity contribution in [2.75, 3.05) is 40.4 Å². The number of fused-ring (bicyclic) bond motifs is 1. The lowest BCUT2D eigenvalue weighted by atomic mass is 9.69. The highest BCUT2D eigenvalue weighted by Gasteiger charge is 2.42. The van der Waals surface area contributed by atoms with Crippen molar-refractivity contribution in [3.05, 3.63) is 71.3 Å². The molecule has 7 nitrogen and oxygen atoms in total. The topological polar surface area (TPSA) is 73.2 Å². The summed E-state index contributed by atoms with van der Waals surface area (Å²) >= 11 is 0. The van der Waals surface area contributed by atoms with Crippen LogP contribution in [0.1, 0.15) is 82.5 Å². The van der Waals surface area contributed by atoms with E-state index in [1.54, 1.807) is 35.5 Å². The van der Waals surface area contributed by atoms with Gasteiger partial charge in [-0.1, -0.05) is 58.4 Å². The second-order valence-corrected chi connectivity index (χ2v) is 12.7. The molecule has 2 unspecified atom stereocenters. The Hall–Kier alpha value is -4.05. The fraction of sp³-hybridized carbons (Fsp3) is 0.513. The van der Waals surface area contributed by atoms with Crippen molar-refractivity contribution in [2.45, 2.75) is 83.7 Å². The first kappa shape index (κ1) is 34.8. The van der Waals surface area contributed by atoms with E-state index in [-0.39, 0.29) is 18.0 Å². The lowest BCUT2D eigenvalue weighted by Gasteiger charge is -2.48. The molecule has 0 saturated heterocycles. The molecule has 0 spiro atoms. The monoisotopic (exact) mass is 628 g/mol. The van der Waals surface area contributed by atoms with Crippen LogP contribution in [0.15, 0.2) is 54.6 Å². The molecular formula is C39H52N2O5. The van der Waals surface area contributed by atoms with Crippen LogP contribution >= 0.6 is 0 Å². The normalized spacial score (nSPS) is 17.8. The lowest BCUT2D eigenvalue weighted by Crippen LogP contribution is -2.47. The van der Waals surface area contributed by atoms with Gasteiger partial charge in [-0.05, 0) is 85.4 Å². The quantitative estimate of drug-likeness (QED) is 0.166. The van der Waals surface area contributed by atoms with Gasteiger partial charge in [-0.15, -0.1) is 0 Å². The second kappa shape index (κ2) is 15.5. The van der Waals surface area contributed by atoms with Crippen molar-refractivity contribution in [1.29, 1.82) is 5.26 Å². The van der Waals surface area contributed by atoms with Gasteiger partial charge >= 0.3 is 0 Å². The molecular weight excluding hydrogens is 576 g/mol. The van der Waals surface area contributed by atoms with Crippen LogP contribution < -0.4 is 28.6 Å². The first-order valence-corrected chi connectivity index (χ1v) is 16.5. The van der Waals surface area contributed by atoms with Gasteiger partial charge in [0.1, 0.15) is 0 Å². The van der Waals surface area contributed by atoms with Crippen LogP contribution in [-0.4, -0.2) is 41.6 Å². The summed E-state index contributed by atoms with van der Waals surface area (Å²) in [6.45, 7) is 8.88. The molecule has 0 saturated carbocycles. The van der Waals surface area contributed by atoms with E-state index in [1.807, 2.05) is 18.2 Å². The number of nitrogens with zero attached hydrogens (tertiary/aromatic N) is 2. The van der Waals surface area contributed by atoms with E-state index in [0.717, 1.165) is 49.8 Å². The van der Waals surface area contributed by atoms with Crippen molar-refractivity contribution in [1.82, 2.24) is 0 Å². The predicted octanol–water partition coefficient (Wildman–Crippen LogP) is 8.93. The Balaban J connectivity index is 1.79. The SMILES string of the molecule is CCCC(C)C1c2c(cc(OC)c(OC)c2OC)C[C@@H](CCC[C@@](C#N)(c2ccc(OC)c(OC)c2)C(C)C)N1c1ccccc1. The fourth-order valence-corrected chi connectivity index (χ4v) is 7.57. The molecule has 0 fully saturated rings. The van der Waals surface area contributed by atoms with Gasteiger partial charge in [-0.25, -0.2) is 0 Å². The minimum absolute atomic E-state index is 0.0718. The summed E-state index contributed by atoms with van der Waals surface area (Å²) in [7, 11) is 8.35. The maximum Gasteiger partial charge on any atom is 0.203 e. The minimum atomic E-state index is -0.668. The molecule has 7 heteroatoms. The zero-order valence-corrected chi connectivity index (χ0v) is 29.2. The smallest absolute Gasteiger partial charge is 0.203 e. The zero-order valence-electron chi connectivity index (χ0n) is 29.2. The third-order valence-corrected chi connectivity index (χ3v) is 9.93. The number of anilines is 1. The van der Waals surface area contributed by atoms with Crippen LogP contribution in [0.5, 0.6) is 28.7 Å². The average molecular weight is 629 g/mol. The molecule has 0 aliphatic carbocycles. The minimum Gasteiger partial charge on any atom is -0.493 e. The summed E-state index contributed by atoms with van der Waals surface area (Å²) in [6.07, 6.45) is 5.51. The summed E-state index contributed by atoms with van der Waals surface area (Å²) in [6, 6.07) is 21.8. The van der Waals surface area contributed by atoms with Crippen LogP contribution in [0, 0.1) is 23.2 Å². The molecule has 3 aromatic carbocycles. The van der Waals surface area contributed by atoms with Gasteiger partial charge in [0.2, 0.25) is 5.75 Å². The molecule has 0 radical (unpaired) electrons. The number of ether oxygens (including phenoxy) is 5. The van der Waals surface area contributed by atoms with Crippen LogP contribution in [0.4, 0.5) is 5.69 Å². The number of hydrogen-bond acceptors (Lipinski definition) is 7. The van der Waals surface area contributed by atoms with E-state index in [4.69, 9.17) is 23.7 Å². The molecule has 4 rings (SSSR count). The molecule has 0 amide bonds. The Kier molecular flexibility index (Phi) is 11.7. The second-order valence-electron chi connectivity index (χ2n) is 12.7. The molecule has 0 aromatic heterocycles. The Bertz CT molecular complexity index is 1480. The van der Waals surface area contributed by atoms with E-state index in [1.165, 1.54) is 16.8 Å². The largest absolute Gasteiger partial charge is 0.493 e. The molecule has 1 aliphatic rings.